The first-order valence-electron chi connectivity index (χ1n) is 6.81. The van der Waals surface area contributed by atoms with Gasteiger partial charge in [0, 0.05) is 18.6 Å². The number of nitrogens with zero attached hydrogens (tertiary/aromatic N) is 2. The molecule has 5 nitrogen and oxygen atoms in total. The van der Waals surface area contributed by atoms with Crippen LogP contribution in [0.4, 0.5) is 4.79 Å². The molecule has 0 aliphatic carbocycles. The van der Waals surface area contributed by atoms with E-state index in [2.05, 4.69) is 13.8 Å². The molecule has 1 aliphatic heterocycles. The van der Waals surface area contributed by atoms with E-state index >= 15 is 0 Å². The fourth-order valence-corrected chi connectivity index (χ4v) is 2.20. The molecular formula is C14H26N2O3. The second-order valence-corrected chi connectivity index (χ2v) is 7.08. The van der Waals surface area contributed by atoms with Gasteiger partial charge >= 0.3 is 12.0 Å². The van der Waals surface area contributed by atoms with Gasteiger partial charge in [-0.15, -0.1) is 0 Å². The summed E-state index contributed by atoms with van der Waals surface area (Å²) in [5.41, 5.74) is -0.210. The number of likely N-dealkylation sites (tertiary alicyclic amines) is 1. The number of piperidine rings is 1. The number of carbonyl (C=O) groups is 2. The highest BCUT2D eigenvalue weighted by Gasteiger charge is 2.35. The molecule has 0 spiro atoms. The van der Waals surface area contributed by atoms with Gasteiger partial charge in [-0.25, -0.2) is 4.79 Å². The van der Waals surface area contributed by atoms with Crippen molar-refractivity contribution in [2.75, 3.05) is 19.6 Å². The lowest BCUT2D eigenvalue weighted by Crippen LogP contribution is -2.55. The van der Waals surface area contributed by atoms with Crippen LogP contribution in [0.25, 0.3) is 0 Å². The Balaban J connectivity index is 2.75. The molecule has 0 aromatic rings. The first-order chi connectivity index (χ1) is 8.53. The van der Waals surface area contributed by atoms with Crippen molar-refractivity contribution in [2.45, 2.75) is 53.0 Å². The lowest BCUT2D eigenvalue weighted by atomic mass is 9.83. The van der Waals surface area contributed by atoms with Crippen LogP contribution in [-0.2, 0) is 4.79 Å². The van der Waals surface area contributed by atoms with E-state index in [9.17, 15) is 9.59 Å². The van der Waals surface area contributed by atoms with E-state index in [0.717, 1.165) is 12.8 Å². The van der Waals surface area contributed by atoms with Crippen molar-refractivity contribution in [1.82, 2.24) is 9.80 Å². The van der Waals surface area contributed by atoms with Crippen LogP contribution in [0.5, 0.6) is 0 Å². The Morgan fingerprint density at radius 1 is 1.21 bits per heavy atom. The summed E-state index contributed by atoms with van der Waals surface area (Å²) in [5.74, 6) is -0.972. The van der Waals surface area contributed by atoms with Crippen LogP contribution in [0.15, 0.2) is 0 Å². The zero-order chi connectivity index (χ0) is 14.8. The Hall–Kier alpha value is -1.26. The van der Waals surface area contributed by atoms with E-state index in [-0.39, 0.29) is 18.0 Å². The summed E-state index contributed by atoms with van der Waals surface area (Å²) in [6.45, 7) is 11.2. The zero-order valence-electron chi connectivity index (χ0n) is 12.7. The molecule has 1 N–H and O–H groups in total. The van der Waals surface area contributed by atoms with Crippen LogP contribution in [0, 0.1) is 5.41 Å². The third-order valence-electron chi connectivity index (χ3n) is 3.72. The van der Waals surface area contributed by atoms with Crippen LogP contribution in [0.3, 0.4) is 0 Å². The first kappa shape index (κ1) is 15.8. The highest BCUT2D eigenvalue weighted by Crippen LogP contribution is 2.30. The number of carbonyl (C=O) groups excluding carboxylic acids is 1. The number of hydrogen-bond acceptors (Lipinski definition) is 2. The van der Waals surface area contributed by atoms with Gasteiger partial charge < -0.3 is 14.9 Å². The van der Waals surface area contributed by atoms with E-state index in [1.165, 1.54) is 4.90 Å². The highest BCUT2D eigenvalue weighted by atomic mass is 16.4. The molecule has 0 radical (unpaired) electrons. The fraction of sp³-hybridized carbons (Fsp3) is 0.857. The van der Waals surface area contributed by atoms with Crippen molar-refractivity contribution < 1.29 is 14.7 Å². The van der Waals surface area contributed by atoms with E-state index < -0.39 is 11.5 Å². The van der Waals surface area contributed by atoms with Gasteiger partial charge in [0.2, 0.25) is 0 Å². The summed E-state index contributed by atoms with van der Waals surface area (Å²) < 4.78 is 0. The van der Waals surface area contributed by atoms with Crippen LogP contribution in [-0.4, -0.2) is 52.1 Å². The summed E-state index contributed by atoms with van der Waals surface area (Å²) in [4.78, 5) is 26.6. The molecule has 5 heteroatoms. The summed E-state index contributed by atoms with van der Waals surface area (Å²) >= 11 is 0. The van der Waals surface area contributed by atoms with E-state index in [4.69, 9.17) is 5.11 Å². The Bertz CT molecular complexity index is 348. The van der Waals surface area contributed by atoms with Gasteiger partial charge in [-0.1, -0.05) is 13.8 Å². The molecule has 19 heavy (non-hydrogen) atoms. The van der Waals surface area contributed by atoms with Gasteiger partial charge in [0.05, 0.1) is 0 Å². The summed E-state index contributed by atoms with van der Waals surface area (Å²) in [5, 5.41) is 8.97. The second-order valence-electron chi connectivity index (χ2n) is 7.08. The average molecular weight is 270 g/mol. The minimum atomic E-state index is -0.972. The van der Waals surface area contributed by atoms with E-state index in [1.807, 2.05) is 20.8 Å². The van der Waals surface area contributed by atoms with E-state index in [0.29, 0.717) is 13.1 Å². The minimum Gasteiger partial charge on any atom is -0.480 e. The third kappa shape index (κ3) is 4.40. The topological polar surface area (TPSA) is 60.9 Å². The van der Waals surface area contributed by atoms with Crippen molar-refractivity contribution in [3.63, 3.8) is 0 Å². The van der Waals surface area contributed by atoms with Gasteiger partial charge in [-0.2, -0.15) is 0 Å². The summed E-state index contributed by atoms with van der Waals surface area (Å²) in [6, 6.07) is -0.162. The van der Waals surface area contributed by atoms with Crippen LogP contribution < -0.4 is 0 Å². The third-order valence-corrected chi connectivity index (χ3v) is 3.72. The Labute approximate surface area is 115 Å². The van der Waals surface area contributed by atoms with Gasteiger partial charge in [0.15, 0.2) is 0 Å². The molecule has 0 saturated carbocycles. The van der Waals surface area contributed by atoms with Crippen molar-refractivity contribution in [3.05, 3.63) is 0 Å². The van der Waals surface area contributed by atoms with Crippen molar-refractivity contribution in [3.8, 4) is 0 Å². The predicted octanol–water partition coefficient (Wildman–Crippen LogP) is 2.41. The number of aliphatic carboxylic acids is 1. The maximum absolute atomic E-state index is 12.5. The van der Waals surface area contributed by atoms with Crippen LogP contribution >= 0.6 is 0 Å². The molecular weight excluding hydrogens is 244 g/mol. The number of carboxylic acid groups (broad SMARTS) is 1. The van der Waals surface area contributed by atoms with Gasteiger partial charge in [0.1, 0.15) is 6.54 Å². The molecule has 0 aromatic heterocycles. The second kappa shape index (κ2) is 5.39. The van der Waals surface area contributed by atoms with Gasteiger partial charge in [0.25, 0.3) is 0 Å². The first-order valence-corrected chi connectivity index (χ1v) is 6.81. The monoisotopic (exact) mass is 270 g/mol. The largest absolute Gasteiger partial charge is 0.480 e. The molecule has 1 aliphatic rings. The number of rotatable bonds is 2. The molecule has 1 saturated heterocycles. The Morgan fingerprint density at radius 2 is 1.68 bits per heavy atom. The normalized spacial score (nSPS) is 19.1. The SMILES string of the molecule is CC1(C)CCN(C(=O)N(CC(=O)O)C(C)(C)C)CC1. The Morgan fingerprint density at radius 3 is 2.05 bits per heavy atom. The van der Waals surface area contributed by atoms with Crippen LogP contribution in [0.1, 0.15) is 47.5 Å². The standard InChI is InChI=1S/C14H26N2O3/c1-13(2,3)16(10-11(17)18)12(19)15-8-6-14(4,5)7-9-15/h6-10H2,1-5H3,(H,17,18). The lowest BCUT2D eigenvalue weighted by molar-refractivity contribution is -0.138. The van der Waals surface area contributed by atoms with Crippen molar-refractivity contribution in [2.24, 2.45) is 5.41 Å². The van der Waals surface area contributed by atoms with Crippen molar-refractivity contribution in [1.29, 1.82) is 0 Å². The zero-order valence-corrected chi connectivity index (χ0v) is 12.7. The predicted molar refractivity (Wildman–Crippen MR) is 74.1 cm³/mol. The molecule has 2 amide bonds. The fourth-order valence-electron chi connectivity index (χ4n) is 2.20. The molecule has 1 heterocycles. The van der Waals surface area contributed by atoms with Gasteiger partial charge in [-0.05, 0) is 39.0 Å². The van der Waals surface area contributed by atoms with Crippen LogP contribution in [0.2, 0.25) is 0 Å². The molecule has 1 rings (SSSR count). The number of hydrogen-bond donors (Lipinski definition) is 1. The number of carboxylic acids is 1. The Kier molecular flexibility index (Phi) is 4.48. The molecule has 0 bridgehead atoms. The molecule has 1 fully saturated rings. The molecule has 0 atom stereocenters. The average Bonchev–Trinajstić information content (AvgIpc) is 2.23. The van der Waals surface area contributed by atoms with E-state index in [1.54, 1.807) is 4.90 Å². The summed E-state index contributed by atoms with van der Waals surface area (Å²) in [6.07, 6.45) is 1.92. The maximum Gasteiger partial charge on any atom is 0.323 e. The smallest absolute Gasteiger partial charge is 0.323 e. The molecule has 0 aromatic carbocycles. The van der Waals surface area contributed by atoms with Crippen molar-refractivity contribution >= 4 is 12.0 Å². The summed E-state index contributed by atoms with van der Waals surface area (Å²) in [7, 11) is 0. The maximum atomic E-state index is 12.5. The number of amides is 2. The lowest BCUT2D eigenvalue weighted by Gasteiger charge is -2.42. The minimum absolute atomic E-state index is 0.162. The molecule has 0 unspecified atom stereocenters. The molecule has 110 valence electrons. The van der Waals surface area contributed by atoms with Gasteiger partial charge in [-0.3, -0.25) is 4.79 Å². The quantitative estimate of drug-likeness (QED) is 0.838. The highest BCUT2D eigenvalue weighted by molar-refractivity contribution is 5.81. The number of urea groups is 1.